The van der Waals surface area contributed by atoms with Crippen LogP contribution < -0.4 is 9.47 Å². The predicted octanol–water partition coefficient (Wildman–Crippen LogP) is 3.78. The minimum Gasteiger partial charge on any atom is -0.464 e. The number of fused-ring (bicyclic) bond motifs is 1. The smallest absolute Gasteiger partial charge is 0.404 e. The van der Waals surface area contributed by atoms with Crippen molar-refractivity contribution in [3.8, 4) is 11.5 Å². The summed E-state index contributed by atoms with van der Waals surface area (Å²) in [6, 6.07) is 4.65. The molecule has 0 saturated carbocycles. The molecule has 2 aliphatic heterocycles. The first kappa shape index (κ1) is 33.3. The molecule has 2 aromatic rings. The van der Waals surface area contributed by atoms with E-state index in [2.05, 4.69) is 4.98 Å². The summed E-state index contributed by atoms with van der Waals surface area (Å²) in [6.45, 7) is 9.35. The number of β-lactam (4-membered cyclic amide) rings is 1. The number of hydrogen-bond donors (Lipinski definition) is 0. The largest absolute Gasteiger partial charge is 0.464 e. The summed E-state index contributed by atoms with van der Waals surface area (Å²) in [7, 11) is 0. The SMILES string of the molecule is CCOC(=O)[C@@H]1[C@@H](Cc2ccnc(CC(=O)OC(C)OC(=O)C(C)C)c2)C(=O)N1C(=O)C[C@H](C)c1ccc2c(c1)OC(C)(F)O2. The molecule has 1 saturated heterocycles. The van der Waals surface area contributed by atoms with E-state index in [1.807, 2.05) is 0 Å². The van der Waals surface area contributed by atoms with E-state index in [0.717, 1.165) is 11.8 Å². The average Bonchev–Trinajstić information content (AvgIpc) is 3.27. The van der Waals surface area contributed by atoms with E-state index in [1.54, 1.807) is 58.0 Å². The van der Waals surface area contributed by atoms with Crippen LogP contribution >= 0.6 is 0 Å². The van der Waals surface area contributed by atoms with Crippen LogP contribution in [0.4, 0.5) is 4.39 Å². The monoisotopic (exact) mass is 628 g/mol. The van der Waals surface area contributed by atoms with Gasteiger partial charge in [0.1, 0.15) is 6.04 Å². The van der Waals surface area contributed by atoms with E-state index < -0.39 is 59.9 Å². The zero-order valence-electron chi connectivity index (χ0n) is 26.0. The Kier molecular flexibility index (Phi) is 10.1. The zero-order valence-corrected chi connectivity index (χ0v) is 26.0. The fraction of sp³-hybridized carbons (Fsp3) is 0.500. The summed E-state index contributed by atoms with van der Waals surface area (Å²) in [6.07, 6.45) is 0.163. The molecule has 1 aromatic carbocycles. The van der Waals surface area contributed by atoms with Crippen LogP contribution in [0.2, 0.25) is 0 Å². The van der Waals surface area contributed by atoms with Gasteiger partial charge in [0, 0.05) is 26.5 Å². The van der Waals surface area contributed by atoms with Crippen molar-refractivity contribution in [2.75, 3.05) is 6.61 Å². The lowest BCUT2D eigenvalue weighted by atomic mass is 9.81. The summed E-state index contributed by atoms with van der Waals surface area (Å²) in [5.74, 6) is -4.15. The molecule has 2 aliphatic rings. The summed E-state index contributed by atoms with van der Waals surface area (Å²) in [5.41, 5.74) is 1.62. The summed E-state index contributed by atoms with van der Waals surface area (Å²) in [5, 5.41) is 0. The molecule has 13 heteroatoms. The number of alkyl halides is 1. The minimum absolute atomic E-state index is 0.0613. The Morgan fingerprint density at radius 3 is 2.44 bits per heavy atom. The topological polar surface area (TPSA) is 148 Å². The van der Waals surface area contributed by atoms with Crippen molar-refractivity contribution in [2.24, 2.45) is 11.8 Å². The molecule has 0 radical (unpaired) electrons. The molecule has 2 amide bonds. The van der Waals surface area contributed by atoms with E-state index in [1.165, 1.54) is 13.1 Å². The van der Waals surface area contributed by atoms with Crippen LogP contribution in [0.1, 0.15) is 70.7 Å². The molecule has 3 heterocycles. The van der Waals surface area contributed by atoms with Gasteiger partial charge in [0.25, 0.3) is 0 Å². The third-order valence-corrected chi connectivity index (χ3v) is 7.33. The Balaban J connectivity index is 1.40. The molecule has 5 atom stereocenters. The first-order valence-corrected chi connectivity index (χ1v) is 14.8. The van der Waals surface area contributed by atoms with E-state index in [0.29, 0.717) is 16.8 Å². The second-order valence-corrected chi connectivity index (χ2v) is 11.4. The Bertz CT molecular complexity index is 1480. The number of benzene rings is 1. The van der Waals surface area contributed by atoms with Crippen molar-refractivity contribution in [1.82, 2.24) is 9.88 Å². The van der Waals surface area contributed by atoms with Gasteiger partial charge in [-0.15, -0.1) is 0 Å². The molecule has 0 spiro atoms. The quantitative estimate of drug-likeness (QED) is 0.192. The van der Waals surface area contributed by atoms with Gasteiger partial charge in [-0.05, 0) is 54.7 Å². The number of amides is 2. The summed E-state index contributed by atoms with van der Waals surface area (Å²) >= 11 is 0. The number of pyridine rings is 1. The maximum Gasteiger partial charge on any atom is 0.404 e. The molecule has 2 unspecified atom stereocenters. The van der Waals surface area contributed by atoms with E-state index in [4.69, 9.17) is 23.7 Å². The van der Waals surface area contributed by atoms with Crippen LogP contribution in [0.15, 0.2) is 36.5 Å². The molecule has 12 nitrogen and oxygen atoms in total. The standard InChI is InChI=1S/C32H37FN2O10/c1-7-41-31(40)28-23(14-20-10-11-34-22(13-20)16-27(37)42-19(5)43-30(39)17(2)3)29(38)35(28)26(36)12-18(4)21-8-9-24-25(15-21)45-32(6,33)44-24/h8-11,13,15,17-19,23,28H,7,12,14,16H2,1-6H3/t18-,19?,23+,28-,32?/m0/s1. The predicted molar refractivity (Wildman–Crippen MR) is 154 cm³/mol. The number of imide groups is 1. The number of aromatic nitrogens is 1. The van der Waals surface area contributed by atoms with Crippen LogP contribution in [-0.2, 0) is 51.0 Å². The van der Waals surface area contributed by atoms with Gasteiger partial charge >= 0.3 is 23.9 Å². The van der Waals surface area contributed by atoms with Gasteiger partial charge in [-0.1, -0.05) is 26.8 Å². The van der Waals surface area contributed by atoms with Gasteiger partial charge < -0.3 is 23.7 Å². The molecule has 0 bridgehead atoms. The minimum atomic E-state index is -2.28. The van der Waals surface area contributed by atoms with Crippen molar-refractivity contribution in [2.45, 2.75) is 85.1 Å². The van der Waals surface area contributed by atoms with Crippen LogP contribution in [0.3, 0.4) is 0 Å². The van der Waals surface area contributed by atoms with Crippen LogP contribution in [0, 0.1) is 11.8 Å². The first-order valence-electron chi connectivity index (χ1n) is 14.8. The van der Waals surface area contributed by atoms with Crippen molar-refractivity contribution in [3.63, 3.8) is 0 Å². The number of esters is 3. The lowest BCUT2D eigenvalue weighted by Crippen LogP contribution is -2.67. The number of carbonyl (C=O) groups is 5. The highest BCUT2D eigenvalue weighted by Gasteiger charge is 2.55. The average molecular weight is 629 g/mol. The Labute approximate surface area is 260 Å². The number of rotatable bonds is 12. The van der Waals surface area contributed by atoms with Gasteiger partial charge in [-0.2, -0.15) is 4.39 Å². The van der Waals surface area contributed by atoms with Crippen LogP contribution in [0.5, 0.6) is 11.5 Å². The zero-order chi connectivity index (χ0) is 33.1. The van der Waals surface area contributed by atoms with Crippen molar-refractivity contribution in [1.29, 1.82) is 0 Å². The molecule has 4 rings (SSSR count). The molecular weight excluding hydrogens is 591 g/mol. The number of halogens is 1. The molecule has 0 aliphatic carbocycles. The second-order valence-electron chi connectivity index (χ2n) is 11.4. The van der Waals surface area contributed by atoms with E-state index in [-0.39, 0.29) is 43.3 Å². The van der Waals surface area contributed by atoms with Crippen molar-refractivity contribution in [3.05, 3.63) is 53.3 Å². The number of ether oxygens (including phenoxy) is 5. The van der Waals surface area contributed by atoms with Gasteiger partial charge in [0.05, 0.1) is 30.6 Å². The molecule has 0 N–H and O–H groups in total. The second kappa shape index (κ2) is 13.6. The highest BCUT2D eigenvalue weighted by atomic mass is 19.2. The fourth-order valence-electron chi connectivity index (χ4n) is 5.11. The Morgan fingerprint density at radius 1 is 1.04 bits per heavy atom. The van der Waals surface area contributed by atoms with Crippen molar-refractivity contribution >= 4 is 29.7 Å². The van der Waals surface area contributed by atoms with Gasteiger partial charge in [-0.3, -0.25) is 29.1 Å². The van der Waals surface area contributed by atoms with Gasteiger partial charge in [-0.25, -0.2) is 4.79 Å². The fourth-order valence-corrected chi connectivity index (χ4v) is 5.11. The maximum atomic E-state index is 14.1. The third-order valence-electron chi connectivity index (χ3n) is 7.33. The highest BCUT2D eigenvalue weighted by Crippen LogP contribution is 2.42. The molecule has 242 valence electrons. The lowest BCUT2D eigenvalue weighted by molar-refractivity contribution is -0.186. The molecule has 1 fully saturated rings. The van der Waals surface area contributed by atoms with E-state index in [9.17, 15) is 28.4 Å². The number of carbonyl (C=O) groups excluding carboxylic acids is 5. The summed E-state index contributed by atoms with van der Waals surface area (Å²) in [4.78, 5) is 68.8. The molecular formula is C32H37FN2O10. The van der Waals surface area contributed by atoms with Crippen molar-refractivity contribution < 1.29 is 52.0 Å². The number of nitrogens with zero attached hydrogens (tertiary/aromatic N) is 2. The Morgan fingerprint density at radius 2 is 1.76 bits per heavy atom. The highest BCUT2D eigenvalue weighted by molar-refractivity contribution is 6.08. The third kappa shape index (κ3) is 7.95. The van der Waals surface area contributed by atoms with Crippen LogP contribution in [0.25, 0.3) is 0 Å². The van der Waals surface area contributed by atoms with Gasteiger partial charge in [0.2, 0.25) is 18.1 Å². The normalized spacial score (nSPS) is 21.5. The number of likely N-dealkylation sites (tertiary alicyclic amines) is 1. The molecule has 1 aromatic heterocycles. The molecule has 45 heavy (non-hydrogen) atoms. The summed E-state index contributed by atoms with van der Waals surface area (Å²) < 4.78 is 39.7. The van der Waals surface area contributed by atoms with Gasteiger partial charge in [0.15, 0.2) is 11.5 Å². The van der Waals surface area contributed by atoms with Crippen LogP contribution in [-0.4, -0.2) is 64.6 Å². The number of hydrogen-bond acceptors (Lipinski definition) is 11. The lowest BCUT2D eigenvalue weighted by Gasteiger charge is -2.44. The maximum absolute atomic E-state index is 14.1. The first-order chi connectivity index (χ1) is 21.2. The Hall–Kier alpha value is -4.55. The van der Waals surface area contributed by atoms with E-state index >= 15 is 0 Å².